The van der Waals surface area contributed by atoms with Crippen LogP contribution in [0.4, 0.5) is 27.6 Å². The number of alkyl halides is 5. The van der Waals surface area contributed by atoms with Gasteiger partial charge in [-0.1, -0.05) is 156 Å². The van der Waals surface area contributed by atoms with Crippen molar-refractivity contribution >= 4 is 183 Å². The van der Waals surface area contributed by atoms with Crippen molar-refractivity contribution in [2.75, 3.05) is 59.7 Å². The fourth-order valence-electron chi connectivity index (χ4n) is 20.9. The third-order valence-electron chi connectivity index (χ3n) is 26.8. The highest BCUT2D eigenvalue weighted by molar-refractivity contribution is 6.19. The zero-order valence-electron chi connectivity index (χ0n) is 75.6. The lowest BCUT2D eigenvalue weighted by Gasteiger charge is -2.20. The predicted molar refractivity (Wildman–Crippen MR) is 548 cm³/mol. The molecule has 18 aromatic rings. The highest BCUT2D eigenvalue weighted by atomic mass is 19.1. The fourth-order valence-corrected chi connectivity index (χ4v) is 20.9. The molecule has 0 spiro atoms. The van der Waals surface area contributed by atoms with Crippen LogP contribution in [0.1, 0.15) is 121 Å². The molecule has 4 N–H and O–H groups in total. The molecule has 1 aliphatic carbocycles. The van der Waals surface area contributed by atoms with Gasteiger partial charge in [-0.25, -0.2) is 4.99 Å². The number of nitrogens with one attached hydrogen (secondary N) is 4. The van der Waals surface area contributed by atoms with Gasteiger partial charge in [0.25, 0.3) is 0 Å². The van der Waals surface area contributed by atoms with Crippen LogP contribution in [-0.2, 0) is 52.1 Å². The van der Waals surface area contributed by atoms with Crippen LogP contribution in [0, 0.1) is 0 Å². The van der Waals surface area contributed by atoms with Crippen molar-refractivity contribution < 1.29 is 31.4 Å². The fraction of sp³-hybridized carbons (Fsp3) is 0.246. The van der Waals surface area contributed by atoms with E-state index >= 15 is 0 Å². The summed E-state index contributed by atoms with van der Waals surface area (Å²) in [5.74, 6) is 1.82. The second-order valence-corrected chi connectivity index (χ2v) is 34.8. The first-order chi connectivity index (χ1) is 65.4. The van der Waals surface area contributed by atoms with E-state index < -0.39 is 0 Å². The highest BCUT2D eigenvalue weighted by Gasteiger charge is 2.28. The number of benzene rings is 11. The number of allylic oxidation sites excluding steroid dienone is 1. The smallest absolute Gasteiger partial charge is 0.138 e. The summed E-state index contributed by atoms with van der Waals surface area (Å²) < 4.78 is 89.0. The Kier molecular flexibility index (Phi) is 25.8. The second-order valence-electron chi connectivity index (χ2n) is 34.8. The maximum absolute atomic E-state index is 12.7. The molecule has 0 bridgehead atoms. The molecule has 5 aliphatic heterocycles. The Morgan fingerprint density at radius 1 is 0.338 bits per heavy atom. The number of rotatable bonds is 17. The maximum atomic E-state index is 12.7. The molecule has 0 unspecified atom stereocenters. The number of aryl methyl sites for hydroxylation is 8. The number of halogens is 5. The Morgan fingerprint density at radius 3 is 1.28 bits per heavy atom. The number of fused-ring (bicyclic) bond motifs is 30. The first-order valence-electron chi connectivity index (χ1n) is 46.8. The van der Waals surface area contributed by atoms with Gasteiger partial charge in [0, 0.05) is 209 Å². The summed E-state index contributed by atoms with van der Waals surface area (Å²) in [4.78, 5) is 9.17. The zero-order chi connectivity index (χ0) is 91.3. The van der Waals surface area contributed by atoms with E-state index in [2.05, 4.69) is 263 Å². The lowest BCUT2D eigenvalue weighted by Crippen LogP contribution is -2.14. The molecular formula is C114H111F5N12O2. The van der Waals surface area contributed by atoms with Gasteiger partial charge in [0.1, 0.15) is 18.1 Å². The van der Waals surface area contributed by atoms with Gasteiger partial charge in [-0.15, -0.1) is 0 Å². The van der Waals surface area contributed by atoms with Crippen LogP contribution in [0.25, 0.3) is 171 Å². The lowest BCUT2D eigenvalue weighted by atomic mass is 9.85. The summed E-state index contributed by atoms with van der Waals surface area (Å²) in [6.45, 7) is 33.1. The molecule has 133 heavy (non-hydrogen) atoms. The molecule has 6 aliphatic rings. The van der Waals surface area contributed by atoms with E-state index in [-0.39, 0.29) is 33.4 Å². The van der Waals surface area contributed by atoms with Crippen LogP contribution in [0.3, 0.4) is 0 Å². The van der Waals surface area contributed by atoms with Crippen LogP contribution in [0.5, 0.6) is 11.5 Å². The number of aromatic nitrogens is 7. The number of aliphatic imine (C=N–C) groups is 1. The van der Waals surface area contributed by atoms with Crippen molar-refractivity contribution in [3.63, 3.8) is 0 Å². The van der Waals surface area contributed by atoms with Gasteiger partial charge in [-0.3, -0.25) is 26.9 Å². The van der Waals surface area contributed by atoms with Crippen LogP contribution >= 0.6 is 0 Å². The Balaban J connectivity index is 0.000000103. The second kappa shape index (κ2) is 39.0. The largest absolute Gasteiger partial charge is 0.492 e. The minimum Gasteiger partial charge on any atom is -0.492 e. The highest BCUT2D eigenvalue weighted by Crippen LogP contribution is 2.48. The number of para-hydroxylation sites is 5. The summed E-state index contributed by atoms with van der Waals surface area (Å²) >= 11 is 0. The number of pyridine rings is 1. The van der Waals surface area contributed by atoms with E-state index in [4.69, 9.17) is 9.47 Å². The number of hydrogen-bond donors (Lipinski definition) is 4. The molecule has 7 aromatic heterocycles. The molecule has 0 amide bonds. The van der Waals surface area contributed by atoms with Crippen LogP contribution < -0.4 is 30.7 Å². The van der Waals surface area contributed by atoms with E-state index in [1.165, 1.54) is 105 Å². The van der Waals surface area contributed by atoms with Gasteiger partial charge in [0.15, 0.2) is 0 Å². The summed E-state index contributed by atoms with van der Waals surface area (Å²) in [6, 6.07) is 71.5. The van der Waals surface area contributed by atoms with Crippen LogP contribution in [0.2, 0.25) is 0 Å². The molecular weight excluding hydrogens is 1660 g/mol. The topological polar surface area (TPSA) is 121 Å². The summed E-state index contributed by atoms with van der Waals surface area (Å²) in [5.41, 5.74) is 33.0. The van der Waals surface area contributed by atoms with E-state index in [0.717, 1.165) is 205 Å². The molecule has 19 heteroatoms. The van der Waals surface area contributed by atoms with Crippen LogP contribution in [0.15, 0.2) is 263 Å². The minimum absolute atomic E-state index is 0.268. The van der Waals surface area contributed by atoms with Crippen molar-refractivity contribution in [2.45, 2.75) is 123 Å². The van der Waals surface area contributed by atoms with Crippen molar-refractivity contribution in [2.24, 2.45) is 4.99 Å². The van der Waals surface area contributed by atoms with Crippen molar-refractivity contribution in [1.82, 2.24) is 53.7 Å². The normalized spacial score (nSPS) is 14.2. The number of nitrogens with zero attached hydrogens (tertiary/aromatic N) is 8. The van der Waals surface area contributed by atoms with Crippen molar-refractivity contribution in [1.29, 1.82) is 0 Å². The molecule has 24 rings (SSSR count). The van der Waals surface area contributed by atoms with E-state index in [9.17, 15) is 22.0 Å². The monoisotopic (exact) mass is 1770 g/mol. The Morgan fingerprint density at radius 2 is 0.737 bits per heavy atom. The number of hydrogen-bond acceptors (Lipinski definition) is 8. The Labute approximate surface area is 771 Å². The lowest BCUT2D eigenvalue weighted by molar-refractivity contribution is 0.321. The van der Waals surface area contributed by atoms with Crippen molar-refractivity contribution in [3.05, 3.63) is 308 Å². The molecule has 0 radical (unpaired) electrons. The first kappa shape index (κ1) is 88.0. The van der Waals surface area contributed by atoms with E-state index in [1.807, 2.05) is 67.0 Å². The minimum atomic E-state index is -0.309. The molecule has 0 atom stereocenters. The summed E-state index contributed by atoms with van der Waals surface area (Å²) in [7, 11) is 0. The maximum Gasteiger partial charge on any atom is 0.138 e. The van der Waals surface area contributed by atoms with E-state index in [0.29, 0.717) is 65.0 Å². The quantitative estimate of drug-likeness (QED) is 0.0670. The molecule has 14 nitrogen and oxygen atoms in total. The molecule has 674 valence electrons. The molecule has 12 heterocycles. The zero-order valence-corrected chi connectivity index (χ0v) is 75.6. The SMILES string of the molecule is C=C1CCCc2c1ccc1c2c2ccccc2n1CCCF.C=C1CCOc2c1ccc1c2c2ccccc2n1CCCF.C=C1NC=Cc2c1ccc1c2c2ncccc2n1CCC.C=C1NC=Nc2c1ccc1c2c2ccccc2n1CCCF.C=C1NCCCc2c1ccc1c2c2ccccc2n1CCCF.C=C1NCCOc2c1ccc1c2c2ccccc2n1CCCF. The molecule has 0 saturated heterocycles. The van der Waals surface area contributed by atoms with Gasteiger partial charge in [-0.05, 0) is 207 Å². The van der Waals surface area contributed by atoms with Gasteiger partial charge in [0.05, 0.1) is 95.9 Å². The van der Waals surface area contributed by atoms with Gasteiger partial charge >= 0.3 is 0 Å². The predicted octanol–water partition coefficient (Wildman–Crippen LogP) is 27.8. The Hall–Kier alpha value is -14.3. The number of ether oxygens (including phenoxy) is 2. The molecule has 11 aromatic carbocycles. The van der Waals surface area contributed by atoms with E-state index in [1.54, 1.807) is 6.34 Å². The average molecular weight is 1780 g/mol. The summed E-state index contributed by atoms with van der Waals surface area (Å²) in [6.07, 6.45) is 17.8. The third-order valence-corrected chi connectivity index (χ3v) is 26.8. The summed E-state index contributed by atoms with van der Waals surface area (Å²) in [5, 5.41) is 26.2. The van der Waals surface area contributed by atoms with Gasteiger partial charge < -0.3 is 58.1 Å². The average Bonchev–Trinajstić information content (AvgIpc) is 1.62. The van der Waals surface area contributed by atoms with Gasteiger partial charge in [-0.2, -0.15) is 0 Å². The standard InChI is InChI=1S/C20H21FN2.C20H20FN.C19H19FN2O.C19H18FNO.C18H16FN3.C18H17N3/c1-14-15-9-10-19-20(16(15)7-4-12-22-14)17-6-2-3-8-18(17)23(19)13-5-11-21;1-14-6-4-8-16-15(14)10-11-19-20(16)17-7-2-3-9-18(17)22(19)13-5-12-21;1-13-14-7-8-17-18(19(14)23-12-10-21-13)15-5-2-3-6-16(15)22(17)11-4-9-20;1-13-9-12-22-19-14(13)7-8-17-18(19)15-5-2-3-6-16(15)21(17)11-4-10-20;1-12-13-7-8-16-17(18(13)21-11-20-12)14-5-2-3-6-15(14)22(16)10-4-9-19;1-3-11-21-15-7-6-13-12(2)19-10-8-14(13)17(15)18-16(21)5-4-9-20-18/h2-3,6,8-10,22H,1,4-5,7,11-13H2;2-3,7,9-11H,1,4-6,8,12-13H2;2-3,5-8,21H,1,4,9-12H2;2-3,5-8H,1,4,9-12H2;2-3,5-8,11H,1,4,9-10H2,(H,20,21);4-10,19H,2-3,11H2,1H3. The third kappa shape index (κ3) is 16.3. The van der Waals surface area contributed by atoms with Gasteiger partial charge in [0.2, 0.25) is 0 Å². The van der Waals surface area contributed by atoms with Crippen molar-refractivity contribution in [3.8, 4) is 11.5 Å². The first-order valence-corrected chi connectivity index (χ1v) is 46.8. The van der Waals surface area contributed by atoms with Crippen LogP contribution in [-0.4, -0.2) is 98.4 Å². The molecule has 0 saturated carbocycles. The Bertz CT molecular complexity index is 7400. The molecule has 0 fully saturated rings.